The first-order valence-corrected chi connectivity index (χ1v) is 11.9. The highest BCUT2D eigenvalue weighted by Crippen LogP contribution is 2.31. The van der Waals surface area contributed by atoms with Gasteiger partial charge >= 0.3 is 5.56 Å². The minimum atomic E-state index is -0.485. The van der Waals surface area contributed by atoms with Crippen LogP contribution in [0.25, 0.3) is 15.7 Å². The van der Waals surface area contributed by atoms with E-state index in [9.17, 15) is 14.3 Å². The average molecular weight is 472 g/mol. The SMILES string of the molecule is CN1CCN(Cc2cn3c(=O)c(O)c(-c4ncc(Cc5ccc(F)cc5)s4)nc3s2)CC1. The first kappa shape index (κ1) is 21.2. The van der Waals surface area contributed by atoms with Crippen molar-refractivity contribution in [2.75, 3.05) is 33.2 Å². The van der Waals surface area contributed by atoms with Crippen molar-refractivity contribution in [1.29, 1.82) is 0 Å². The van der Waals surface area contributed by atoms with Crippen LogP contribution in [0.1, 0.15) is 15.3 Å². The lowest BCUT2D eigenvalue weighted by atomic mass is 10.1. The van der Waals surface area contributed by atoms with Crippen molar-refractivity contribution in [3.63, 3.8) is 0 Å². The Bertz CT molecular complexity index is 1310. The Morgan fingerprint density at radius 2 is 1.84 bits per heavy atom. The minimum absolute atomic E-state index is 0.207. The van der Waals surface area contributed by atoms with Crippen LogP contribution < -0.4 is 5.56 Å². The van der Waals surface area contributed by atoms with Gasteiger partial charge in [-0.3, -0.25) is 14.1 Å². The molecule has 0 aliphatic carbocycles. The smallest absolute Gasteiger partial charge is 0.301 e. The third-order valence-corrected chi connectivity index (χ3v) is 7.55. The molecule has 0 spiro atoms. The Kier molecular flexibility index (Phi) is 5.76. The third kappa shape index (κ3) is 4.31. The van der Waals surface area contributed by atoms with Gasteiger partial charge in [0.25, 0.3) is 0 Å². The van der Waals surface area contributed by atoms with Crippen molar-refractivity contribution in [2.45, 2.75) is 13.0 Å². The summed E-state index contributed by atoms with van der Waals surface area (Å²) in [6, 6.07) is 6.32. The summed E-state index contributed by atoms with van der Waals surface area (Å²) in [6.45, 7) is 4.78. The number of benzene rings is 1. The first-order valence-electron chi connectivity index (χ1n) is 10.3. The second kappa shape index (κ2) is 8.70. The maximum Gasteiger partial charge on any atom is 0.301 e. The van der Waals surface area contributed by atoms with Crippen LogP contribution in [0.5, 0.6) is 5.75 Å². The van der Waals surface area contributed by atoms with Gasteiger partial charge in [0.1, 0.15) is 16.5 Å². The van der Waals surface area contributed by atoms with E-state index in [-0.39, 0.29) is 11.5 Å². The van der Waals surface area contributed by atoms with E-state index in [0.29, 0.717) is 16.4 Å². The summed E-state index contributed by atoms with van der Waals surface area (Å²) in [5, 5.41) is 11.0. The molecule has 0 unspecified atom stereocenters. The standard InChI is InChI=1S/C22H22FN5O2S2/c1-26-6-8-27(9-7-26)12-17-13-28-21(30)19(29)18(25-22(28)32-17)20-24-11-16(31-20)10-14-2-4-15(23)5-3-14/h2-5,11,13,29H,6-10,12H2,1H3. The molecular weight excluding hydrogens is 449 g/mol. The van der Waals surface area contributed by atoms with Crippen molar-refractivity contribution in [3.05, 3.63) is 68.1 Å². The van der Waals surface area contributed by atoms with E-state index in [0.717, 1.165) is 48.0 Å². The normalized spacial score (nSPS) is 15.6. The average Bonchev–Trinajstić information content (AvgIpc) is 3.41. The van der Waals surface area contributed by atoms with Crippen molar-refractivity contribution >= 4 is 27.6 Å². The van der Waals surface area contributed by atoms with Crippen molar-refractivity contribution in [1.82, 2.24) is 24.2 Å². The number of thiazole rings is 2. The lowest BCUT2D eigenvalue weighted by Crippen LogP contribution is -2.43. The van der Waals surface area contributed by atoms with Crippen LogP contribution in [-0.4, -0.2) is 62.5 Å². The van der Waals surface area contributed by atoms with Crippen LogP contribution in [0.2, 0.25) is 0 Å². The molecule has 5 rings (SSSR count). The van der Waals surface area contributed by atoms with E-state index in [1.807, 2.05) is 0 Å². The molecule has 166 valence electrons. The molecule has 3 aromatic heterocycles. The molecule has 0 atom stereocenters. The number of aromatic nitrogens is 3. The molecule has 0 bridgehead atoms. The summed E-state index contributed by atoms with van der Waals surface area (Å²) >= 11 is 2.83. The molecule has 1 aromatic carbocycles. The van der Waals surface area contributed by atoms with Crippen molar-refractivity contribution in [3.8, 4) is 16.5 Å². The summed E-state index contributed by atoms with van der Waals surface area (Å²) in [5.74, 6) is -0.668. The van der Waals surface area contributed by atoms with Gasteiger partial charge in [-0.25, -0.2) is 14.4 Å². The fourth-order valence-electron chi connectivity index (χ4n) is 3.73. The molecule has 4 heterocycles. The van der Waals surface area contributed by atoms with E-state index in [1.54, 1.807) is 24.5 Å². The number of fused-ring (bicyclic) bond motifs is 1. The molecule has 10 heteroatoms. The van der Waals surface area contributed by atoms with Gasteiger partial charge < -0.3 is 10.0 Å². The molecule has 0 saturated carbocycles. The predicted molar refractivity (Wildman–Crippen MR) is 124 cm³/mol. The molecule has 32 heavy (non-hydrogen) atoms. The molecule has 0 amide bonds. The molecule has 7 nitrogen and oxygen atoms in total. The number of hydrogen-bond acceptors (Lipinski definition) is 8. The largest absolute Gasteiger partial charge is 0.501 e. The Morgan fingerprint density at radius 3 is 2.59 bits per heavy atom. The predicted octanol–water partition coefficient (Wildman–Crippen LogP) is 3.06. The van der Waals surface area contributed by atoms with Crippen LogP contribution in [0.3, 0.4) is 0 Å². The number of aromatic hydroxyl groups is 1. The molecule has 1 aliphatic heterocycles. The molecule has 1 N–H and O–H groups in total. The molecule has 1 saturated heterocycles. The summed E-state index contributed by atoms with van der Waals surface area (Å²) in [6.07, 6.45) is 4.08. The summed E-state index contributed by atoms with van der Waals surface area (Å²) in [7, 11) is 2.12. The van der Waals surface area contributed by atoms with Crippen LogP contribution in [-0.2, 0) is 13.0 Å². The number of hydrogen-bond donors (Lipinski definition) is 1. The van der Waals surface area contributed by atoms with E-state index >= 15 is 0 Å². The number of likely N-dealkylation sites (N-methyl/N-ethyl adjacent to an activating group) is 1. The van der Waals surface area contributed by atoms with Gasteiger partial charge in [0, 0.05) is 61.3 Å². The molecule has 4 aromatic rings. The second-order valence-corrected chi connectivity index (χ2v) is 10.2. The number of halogens is 1. The number of nitrogens with zero attached hydrogens (tertiary/aromatic N) is 5. The number of rotatable bonds is 5. The van der Waals surface area contributed by atoms with Gasteiger partial charge in [0.2, 0.25) is 5.75 Å². The van der Waals surface area contributed by atoms with E-state index < -0.39 is 11.3 Å². The van der Waals surface area contributed by atoms with E-state index in [2.05, 4.69) is 26.8 Å². The summed E-state index contributed by atoms with van der Waals surface area (Å²) in [5.41, 5.74) is 0.681. The zero-order chi connectivity index (χ0) is 22.2. The van der Waals surface area contributed by atoms with Gasteiger partial charge in [-0.2, -0.15) is 0 Å². The summed E-state index contributed by atoms with van der Waals surface area (Å²) in [4.78, 5) is 28.9. The Morgan fingerprint density at radius 1 is 1.09 bits per heavy atom. The van der Waals surface area contributed by atoms with Gasteiger partial charge in [0.15, 0.2) is 4.96 Å². The van der Waals surface area contributed by atoms with Gasteiger partial charge in [-0.15, -0.1) is 11.3 Å². The monoisotopic (exact) mass is 471 g/mol. The molecule has 1 fully saturated rings. The van der Waals surface area contributed by atoms with Crippen LogP contribution in [0.4, 0.5) is 4.39 Å². The minimum Gasteiger partial charge on any atom is -0.501 e. The van der Waals surface area contributed by atoms with Crippen LogP contribution in [0, 0.1) is 5.82 Å². The second-order valence-electron chi connectivity index (χ2n) is 7.98. The fourth-order valence-corrected chi connectivity index (χ4v) is 5.68. The highest BCUT2D eigenvalue weighted by molar-refractivity contribution is 7.17. The van der Waals surface area contributed by atoms with Crippen molar-refractivity contribution in [2.24, 2.45) is 0 Å². The van der Waals surface area contributed by atoms with Gasteiger partial charge in [-0.1, -0.05) is 23.5 Å². The fraction of sp³-hybridized carbons (Fsp3) is 0.318. The van der Waals surface area contributed by atoms with Gasteiger partial charge in [-0.05, 0) is 24.7 Å². The zero-order valence-electron chi connectivity index (χ0n) is 17.5. The maximum absolute atomic E-state index is 13.1. The number of piperazine rings is 1. The molecular formula is C22H22FN5O2S2. The molecule has 1 aliphatic rings. The lowest BCUT2D eigenvalue weighted by Gasteiger charge is -2.31. The Hall–Kier alpha value is -2.66. The first-order chi connectivity index (χ1) is 15.5. The van der Waals surface area contributed by atoms with Crippen LogP contribution >= 0.6 is 22.7 Å². The van der Waals surface area contributed by atoms with E-state index in [4.69, 9.17) is 0 Å². The zero-order valence-corrected chi connectivity index (χ0v) is 19.1. The quantitative estimate of drug-likeness (QED) is 0.482. The van der Waals surface area contributed by atoms with Gasteiger partial charge in [0.05, 0.1) is 0 Å². The third-order valence-electron chi connectivity index (χ3n) is 5.58. The highest BCUT2D eigenvalue weighted by atomic mass is 32.1. The lowest BCUT2D eigenvalue weighted by molar-refractivity contribution is 0.149. The van der Waals surface area contributed by atoms with Crippen molar-refractivity contribution < 1.29 is 9.50 Å². The maximum atomic E-state index is 13.1. The van der Waals surface area contributed by atoms with Crippen LogP contribution in [0.15, 0.2) is 41.5 Å². The highest BCUT2D eigenvalue weighted by Gasteiger charge is 2.20. The Labute approximate surface area is 192 Å². The topological polar surface area (TPSA) is 74.0 Å². The Balaban J connectivity index is 1.41. The summed E-state index contributed by atoms with van der Waals surface area (Å²) < 4.78 is 14.5. The van der Waals surface area contributed by atoms with E-state index in [1.165, 1.54) is 39.2 Å². The molecule has 0 radical (unpaired) electrons.